The Balaban J connectivity index is 1.82. The van der Waals surface area contributed by atoms with Crippen LogP contribution in [0.2, 0.25) is 0 Å². The van der Waals surface area contributed by atoms with E-state index in [0.717, 1.165) is 5.56 Å². The zero-order chi connectivity index (χ0) is 21.9. The molecule has 0 spiro atoms. The van der Waals surface area contributed by atoms with Gasteiger partial charge in [0.15, 0.2) is 11.5 Å². The van der Waals surface area contributed by atoms with Crippen LogP contribution in [0.4, 0.5) is 4.79 Å². The monoisotopic (exact) mass is 416 g/mol. The standard InChI is InChI=1S/C21H24N2O7/c1-27-16-12-18(29-3)17(28-2)11-15(16)20(25)30-10-9-19(24)23-21(26)22-13-14-7-5-4-6-8-14/h4-8,11-12H,9-10,13H2,1-3H3,(H2,22,23,24,26). The summed E-state index contributed by atoms with van der Waals surface area (Å²) in [5.41, 5.74) is 1.02. The summed E-state index contributed by atoms with van der Waals surface area (Å²) in [5.74, 6) is -0.311. The third-order valence-electron chi connectivity index (χ3n) is 4.04. The average molecular weight is 416 g/mol. The van der Waals surface area contributed by atoms with Crippen molar-refractivity contribution in [2.45, 2.75) is 13.0 Å². The molecule has 9 nitrogen and oxygen atoms in total. The van der Waals surface area contributed by atoms with Crippen molar-refractivity contribution >= 4 is 17.9 Å². The Hall–Kier alpha value is -3.75. The molecule has 0 bridgehead atoms. The first-order valence-electron chi connectivity index (χ1n) is 9.07. The minimum absolute atomic E-state index is 0.121. The molecule has 0 aliphatic heterocycles. The summed E-state index contributed by atoms with van der Waals surface area (Å²) in [4.78, 5) is 36.0. The number of carbonyl (C=O) groups is 3. The third kappa shape index (κ3) is 6.40. The van der Waals surface area contributed by atoms with E-state index in [0.29, 0.717) is 11.5 Å². The maximum absolute atomic E-state index is 12.3. The van der Waals surface area contributed by atoms with Crippen LogP contribution >= 0.6 is 0 Å². The zero-order valence-electron chi connectivity index (χ0n) is 17.0. The minimum Gasteiger partial charge on any atom is -0.496 e. The van der Waals surface area contributed by atoms with Gasteiger partial charge in [-0.1, -0.05) is 30.3 Å². The fourth-order valence-electron chi connectivity index (χ4n) is 2.51. The van der Waals surface area contributed by atoms with E-state index in [1.807, 2.05) is 30.3 Å². The molecule has 0 unspecified atom stereocenters. The highest BCUT2D eigenvalue weighted by Crippen LogP contribution is 2.34. The van der Waals surface area contributed by atoms with Gasteiger partial charge in [-0.3, -0.25) is 10.1 Å². The molecule has 3 amide bonds. The third-order valence-corrected chi connectivity index (χ3v) is 4.04. The van der Waals surface area contributed by atoms with E-state index >= 15 is 0 Å². The Morgan fingerprint density at radius 3 is 2.13 bits per heavy atom. The number of imide groups is 1. The van der Waals surface area contributed by atoms with Crippen molar-refractivity contribution in [2.24, 2.45) is 0 Å². The van der Waals surface area contributed by atoms with Gasteiger partial charge >= 0.3 is 12.0 Å². The highest BCUT2D eigenvalue weighted by molar-refractivity contribution is 5.95. The number of benzene rings is 2. The number of hydrogen-bond donors (Lipinski definition) is 2. The number of esters is 1. The lowest BCUT2D eigenvalue weighted by Gasteiger charge is -2.13. The average Bonchev–Trinajstić information content (AvgIpc) is 2.77. The van der Waals surface area contributed by atoms with Gasteiger partial charge in [0, 0.05) is 18.7 Å². The SMILES string of the molecule is COc1cc(OC)c(C(=O)OCCC(=O)NC(=O)NCc2ccccc2)cc1OC. The summed E-state index contributed by atoms with van der Waals surface area (Å²) < 4.78 is 20.6. The van der Waals surface area contributed by atoms with Crippen molar-refractivity contribution in [3.8, 4) is 17.2 Å². The van der Waals surface area contributed by atoms with Crippen molar-refractivity contribution in [2.75, 3.05) is 27.9 Å². The molecular weight excluding hydrogens is 392 g/mol. The topological polar surface area (TPSA) is 112 Å². The number of amides is 3. The molecule has 0 aliphatic rings. The minimum atomic E-state index is -0.700. The molecule has 2 aromatic rings. The molecule has 0 heterocycles. The molecule has 0 saturated carbocycles. The second kappa shape index (κ2) is 11.3. The first-order chi connectivity index (χ1) is 14.5. The predicted octanol–water partition coefficient (Wildman–Crippen LogP) is 2.29. The second-order valence-electron chi connectivity index (χ2n) is 6.01. The van der Waals surface area contributed by atoms with Gasteiger partial charge in [-0.05, 0) is 5.56 Å². The fourth-order valence-corrected chi connectivity index (χ4v) is 2.51. The molecule has 0 radical (unpaired) electrons. The Morgan fingerprint density at radius 2 is 1.50 bits per heavy atom. The van der Waals surface area contributed by atoms with Crippen LogP contribution in [0.5, 0.6) is 17.2 Å². The van der Waals surface area contributed by atoms with Gasteiger partial charge in [0.25, 0.3) is 0 Å². The van der Waals surface area contributed by atoms with E-state index in [2.05, 4.69) is 10.6 Å². The molecule has 2 aromatic carbocycles. The predicted molar refractivity (Wildman–Crippen MR) is 108 cm³/mol. The quantitative estimate of drug-likeness (QED) is 0.603. The molecule has 30 heavy (non-hydrogen) atoms. The van der Waals surface area contributed by atoms with E-state index in [-0.39, 0.29) is 30.9 Å². The lowest BCUT2D eigenvalue weighted by molar-refractivity contribution is -0.120. The van der Waals surface area contributed by atoms with Crippen LogP contribution in [-0.4, -0.2) is 45.8 Å². The summed E-state index contributed by atoms with van der Waals surface area (Å²) in [6.45, 7) is 0.0716. The Kier molecular flexibility index (Phi) is 8.49. The van der Waals surface area contributed by atoms with Crippen LogP contribution in [0.25, 0.3) is 0 Å². The normalized spacial score (nSPS) is 9.97. The molecule has 160 valence electrons. The van der Waals surface area contributed by atoms with Crippen LogP contribution in [0, 0.1) is 0 Å². The van der Waals surface area contributed by atoms with Gasteiger partial charge in [0.2, 0.25) is 5.91 Å². The van der Waals surface area contributed by atoms with Gasteiger partial charge in [-0.15, -0.1) is 0 Å². The molecular formula is C21H24N2O7. The number of hydrogen-bond acceptors (Lipinski definition) is 7. The fraction of sp³-hybridized carbons (Fsp3) is 0.286. The van der Waals surface area contributed by atoms with Crippen molar-refractivity contribution in [1.29, 1.82) is 0 Å². The van der Waals surface area contributed by atoms with E-state index in [4.69, 9.17) is 18.9 Å². The zero-order valence-corrected chi connectivity index (χ0v) is 17.0. The van der Waals surface area contributed by atoms with Gasteiger partial charge in [0.05, 0.1) is 27.8 Å². The lowest BCUT2D eigenvalue weighted by Crippen LogP contribution is -2.39. The number of methoxy groups -OCH3 is 3. The van der Waals surface area contributed by atoms with E-state index in [1.165, 1.54) is 33.5 Å². The summed E-state index contributed by atoms with van der Waals surface area (Å²) in [6, 6.07) is 11.6. The van der Waals surface area contributed by atoms with Crippen LogP contribution in [0.1, 0.15) is 22.3 Å². The smallest absolute Gasteiger partial charge is 0.342 e. The summed E-state index contributed by atoms with van der Waals surface area (Å²) in [6.07, 6.45) is -0.180. The van der Waals surface area contributed by atoms with Crippen molar-refractivity contribution in [1.82, 2.24) is 10.6 Å². The van der Waals surface area contributed by atoms with Crippen molar-refractivity contribution in [3.63, 3.8) is 0 Å². The first kappa shape index (κ1) is 22.5. The Morgan fingerprint density at radius 1 is 0.867 bits per heavy atom. The van der Waals surface area contributed by atoms with Gasteiger partial charge in [-0.2, -0.15) is 0 Å². The van der Waals surface area contributed by atoms with Crippen molar-refractivity contribution in [3.05, 3.63) is 53.6 Å². The maximum Gasteiger partial charge on any atom is 0.342 e. The highest BCUT2D eigenvalue weighted by Gasteiger charge is 2.19. The van der Waals surface area contributed by atoms with Gasteiger partial charge in [0.1, 0.15) is 17.9 Å². The second-order valence-corrected chi connectivity index (χ2v) is 6.01. The molecule has 0 atom stereocenters. The molecule has 9 heteroatoms. The molecule has 0 fully saturated rings. The Bertz CT molecular complexity index is 884. The highest BCUT2D eigenvalue weighted by atomic mass is 16.5. The summed E-state index contributed by atoms with van der Waals surface area (Å²) in [7, 11) is 4.30. The molecule has 0 saturated heterocycles. The van der Waals surface area contributed by atoms with E-state index < -0.39 is 17.9 Å². The number of ether oxygens (including phenoxy) is 4. The summed E-state index contributed by atoms with van der Waals surface area (Å²) >= 11 is 0. The lowest BCUT2D eigenvalue weighted by atomic mass is 10.1. The van der Waals surface area contributed by atoms with Gasteiger partial charge in [-0.25, -0.2) is 9.59 Å². The van der Waals surface area contributed by atoms with Crippen LogP contribution < -0.4 is 24.8 Å². The number of carbonyl (C=O) groups excluding carboxylic acids is 3. The summed E-state index contributed by atoms with van der Waals surface area (Å²) in [5, 5.41) is 4.75. The Labute approximate surface area is 174 Å². The van der Waals surface area contributed by atoms with Crippen molar-refractivity contribution < 1.29 is 33.3 Å². The maximum atomic E-state index is 12.3. The first-order valence-corrected chi connectivity index (χ1v) is 9.07. The van der Waals surface area contributed by atoms with E-state index in [1.54, 1.807) is 0 Å². The van der Waals surface area contributed by atoms with Gasteiger partial charge < -0.3 is 24.3 Å². The molecule has 0 aliphatic carbocycles. The van der Waals surface area contributed by atoms with Crippen LogP contribution in [-0.2, 0) is 16.1 Å². The molecule has 0 aromatic heterocycles. The molecule has 2 rings (SSSR count). The number of urea groups is 1. The largest absolute Gasteiger partial charge is 0.496 e. The van der Waals surface area contributed by atoms with Crippen LogP contribution in [0.15, 0.2) is 42.5 Å². The molecule has 2 N–H and O–H groups in total. The van der Waals surface area contributed by atoms with Crippen LogP contribution in [0.3, 0.4) is 0 Å². The number of nitrogens with one attached hydrogen (secondary N) is 2. The van der Waals surface area contributed by atoms with E-state index in [9.17, 15) is 14.4 Å². The number of rotatable bonds is 9.